The van der Waals surface area contributed by atoms with E-state index in [2.05, 4.69) is 15.8 Å². The lowest BCUT2D eigenvalue weighted by atomic mass is 10.1. The molecule has 0 saturated heterocycles. The van der Waals surface area contributed by atoms with Crippen LogP contribution in [-0.4, -0.2) is 23.6 Å². The van der Waals surface area contributed by atoms with Crippen LogP contribution in [-0.2, 0) is 4.79 Å². The van der Waals surface area contributed by atoms with Crippen LogP contribution in [0.1, 0.15) is 5.56 Å². The molecule has 8 nitrogen and oxygen atoms in total. The van der Waals surface area contributed by atoms with Crippen LogP contribution in [0.25, 0.3) is 10.8 Å². The molecule has 0 fully saturated rings. The molecule has 8 heteroatoms. The van der Waals surface area contributed by atoms with Crippen molar-refractivity contribution in [2.45, 2.75) is 0 Å². The van der Waals surface area contributed by atoms with Crippen molar-refractivity contribution in [2.75, 3.05) is 11.9 Å². The normalized spacial score (nSPS) is 10.8. The minimum atomic E-state index is -0.621. The number of amides is 1. The van der Waals surface area contributed by atoms with E-state index < -0.39 is 10.8 Å². The van der Waals surface area contributed by atoms with Crippen LogP contribution in [0.2, 0.25) is 0 Å². The van der Waals surface area contributed by atoms with Crippen molar-refractivity contribution in [3.63, 3.8) is 0 Å². The molecule has 0 saturated carbocycles. The topological polar surface area (TPSA) is 120 Å². The number of nitrogens with one attached hydrogen (secondary N) is 2. The molecular weight excluding hydrogens is 348 g/mol. The smallest absolute Gasteiger partial charge is 0.278 e. The van der Waals surface area contributed by atoms with Crippen LogP contribution in [0, 0.1) is 10.1 Å². The molecular formula is C19H15N4O4-. The molecule has 2 N–H and O–H groups in total. The summed E-state index contributed by atoms with van der Waals surface area (Å²) in [6.07, 6.45) is 1.08. The predicted molar refractivity (Wildman–Crippen MR) is 101 cm³/mol. The Hall–Kier alpha value is -3.94. The molecule has 3 aromatic rings. The van der Waals surface area contributed by atoms with Gasteiger partial charge in [0, 0.05) is 11.8 Å². The van der Waals surface area contributed by atoms with E-state index in [0.29, 0.717) is 0 Å². The molecule has 27 heavy (non-hydrogen) atoms. The zero-order valence-electron chi connectivity index (χ0n) is 14.1. The van der Waals surface area contributed by atoms with Crippen LogP contribution >= 0.6 is 0 Å². The number of hydrazone groups is 1. The van der Waals surface area contributed by atoms with Crippen molar-refractivity contribution >= 4 is 34.3 Å². The Bertz CT molecular complexity index is 1030. The summed E-state index contributed by atoms with van der Waals surface area (Å²) < 4.78 is 0. The van der Waals surface area contributed by atoms with Gasteiger partial charge in [-0.25, -0.2) is 5.43 Å². The van der Waals surface area contributed by atoms with Crippen molar-refractivity contribution in [3.05, 3.63) is 76.3 Å². The fourth-order valence-corrected chi connectivity index (χ4v) is 2.50. The number of nitrogens with zero attached hydrogens (tertiary/aromatic N) is 2. The number of anilines is 1. The third-order valence-electron chi connectivity index (χ3n) is 3.79. The monoisotopic (exact) mass is 363 g/mol. The maximum atomic E-state index is 11.9. The van der Waals surface area contributed by atoms with Crippen LogP contribution in [0.3, 0.4) is 0 Å². The Morgan fingerprint density at radius 1 is 1.07 bits per heavy atom. The van der Waals surface area contributed by atoms with E-state index in [4.69, 9.17) is 0 Å². The van der Waals surface area contributed by atoms with Crippen molar-refractivity contribution in [3.8, 4) is 5.75 Å². The summed E-state index contributed by atoms with van der Waals surface area (Å²) in [5.74, 6) is -0.813. The second-order valence-corrected chi connectivity index (χ2v) is 5.69. The summed E-state index contributed by atoms with van der Waals surface area (Å²) in [5.41, 5.74) is 2.81. The summed E-state index contributed by atoms with van der Waals surface area (Å²) in [7, 11) is 0. The number of rotatable bonds is 6. The quantitative estimate of drug-likeness (QED) is 0.396. The molecule has 0 aliphatic heterocycles. The summed E-state index contributed by atoms with van der Waals surface area (Å²) >= 11 is 0. The molecule has 0 aromatic heterocycles. The summed E-state index contributed by atoms with van der Waals surface area (Å²) in [5, 5.41) is 31.1. The van der Waals surface area contributed by atoms with Crippen molar-refractivity contribution in [1.29, 1.82) is 0 Å². The molecule has 0 bridgehead atoms. The van der Waals surface area contributed by atoms with Gasteiger partial charge in [0.1, 0.15) is 0 Å². The van der Waals surface area contributed by atoms with Crippen molar-refractivity contribution < 1.29 is 14.8 Å². The predicted octanol–water partition coefficient (Wildman–Crippen LogP) is 2.38. The second-order valence-electron chi connectivity index (χ2n) is 5.69. The van der Waals surface area contributed by atoms with Gasteiger partial charge in [-0.15, -0.1) is 5.75 Å². The Morgan fingerprint density at radius 3 is 2.63 bits per heavy atom. The van der Waals surface area contributed by atoms with Gasteiger partial charge in [-0.2, -0.15) is 5.10 Å². The fourth-order valence-electron chi connectivity index (χ4n) is 2.50. The maximum absolute atomic E-state index is 11.9. The average Bonchev–Trinajstić information content (AvgIpc) is 2.66. The lowest BCUT2D eigenvalue weighted by Gasteiger charge is -2.07. The molecule has 3 aromatic carbocycles. The van der Waals surface area contributed by atoms with Crippen LogP contribution in [0.5, 0.6) is 5.75 Å². The van der Waals surface area contributed by atoms with Crippen LogP contribution < -0.4 is 15.8 Å². The molecule has 3 rings (SSSR count). The standard InChI is InChI=1S/C19H16N4O4/c24-17-7-8-18(23(26)27)15(10-17)11-21-22-19(25)12-20-16-6-5-13-3-1-2-4-14(13)9-16/h1-11,20,24H,12H2,(H,22,25)/p-1/b21-11-. The minimum Gasteiger partial charge on any atom is -0.872 e. The van der Waals surface area contributed by atoms with E-state index in [1.54, 1.807) is 0 Å². The van der Waals surface area contributed by atoms with Gasteiger partial charge in [-0.1, -0.05) is 42.5 Å². The number of carbonyl (C=O) groups excluding carboxylic acids is 1. The van der Waals surface area contributed by atoms with E-state index in [-0.39, 0.29) is 23.5 Å². The number of carbonyl (C=O) groups is 1. The highest BCUT2D eigenvalue weighted by atomic mass is 16.6. The average molecular weight is 363 g/mol. The van der Waals surface area contributed by atoms with Crippen LogP contribution in [0.4, 0.5) is 11.4 Å². The van der Waals surface area contributed by atoms with E-state index >= 15 is 0 Å². The number of nitro benzene ring substituents is 1. The molecule has 0 aliphatic carbocycles. The SMILES string of the molecule is O=C(CNc1ccc2ccccc2c1)N/N=C\c1cc([O-])ccc1[N+](=O)[O-]. The highest BCUT2D eigenvalue weighted by Crippen LogP contribution is 2.20. The van der Waals surface area contributed by atoms with Gasteiger partial charge in [0.15, 0.2) is 0 Å². The summed E-state index contributed by atoms with van der Waals surface area (Å²) in [6.45, 7) is -0.0284. The molecule has 0 atom stereocenters. The number of benzene rings is 3. The Labute approximate surface area is 154 Å². The highest BCUT2D eigenvalue weighted by molar-refractivity contribution is 5.89. The zero-order valence-corrected chi connectivity index (χ0v) is 14.1. The van der Waals surface area contributed by atoms with Gasteiger partial charge in [0.05, 0.1) is 23.2 Å². The van der Waals surface area contributed by atoms with E-state index in [1.807, 2.05) is 42.5 Å². The lowest BCUT2D eigenvalue weighted by molar-refractivity contribution is -0.385. The molecule has 0 aliphatic rings. The number of hydrogen-bond acceptors (Lipinski definition) is 6. The Morgan fingerprint density at radius 2 is 1.85 bits per heavy atom. The third kappa shape index (κ3) is 4.57. The molecule has 0 unspecified atom stereocenters. The largest absolute Gasteiger partial charge is 0.872 e. The number of nitro groups is 1. The molecule has 0 spiro atoms. The second kappa shape index (κ2) is 7.96. The van der Waals surface area contributed by atoms with E-state index in [1.165, 1.54) is 0 Å². The lowest BCUT2D eigenvalue weighted by Crippen LogP contribution is -2.25. The van der Waals surface area contributed by atoms with Crippen molar-refractivity contribution in [1.82, 2.24) is 5.43 Å². The van der Waals surface area contributed by atoms with E-state index in [0.717, 1.165) is 40.9 Å². The first-order chi connectivity index (χ1) is 13.0. The molecule has 136 valence electrons. The van der Waals surface area contributed by atoms with Crippen molar-refractivity contribution in [2.24, 2.45) is 5.10 Å². The highest BCUT2D eigenvalue weighted by Gasteiger charge is 2.10. The first kappa shape index (κ1) is 17.9. The third-order valence-corrected chi connectivity index (χ3v) is 3.79. The molecule has 0 heterocycles. The molecule has 1 amide bonds. The van der Waals surface area contributed by atoms with Gasteiger partial charge in [-0.3, -0.25) is 14.9 Å². The van der Waals surface area contributed by atoms with Gasteiger partial charge in [-0.05, 0) is 22.9 Å². The summed E-state index contributed by atoms with van der Waals surface area (Å²) in [6, 6.07) is 16.9. The Kier molecular flexibility index (Phi) is 5.27. The minimum absolute atomic E-state index is 0.0234. The maximum Gasteiger partial charge on any atom is 0.278 e. The zero-order chi connectivity index (χ0) is 19.2. The first-order valence-corrected chi connectivity index (χ1v) is 8.03. The number of hydrogen-bond donors (Lipinski definition) is 2. The fraction of sp³-hybridized carbons (Fsp3) is 0.0526. The van der Waals surface area contributed by atoms with Gasteiger partial charge in [0.25, 0.3) is 11.6 Å². The Balaban J connectivity index is 1.58. The first-order valence-electron chi connectivity index (χ1n) is 8.03. The summed E-state index contributed by atoms with van der Waals surface area (Å²) in [4.78, 5) is 22.2. The van der Waals surface area contributed by atoms with E-state index in [9.17, 15) is 20.0 Å². The van der Waals surface area contributed by atoms with Crippen LogP contribution in [0.15, 0.2) is 65.8 Å². The molecule has 0 radical (unpaired) electrons. The van der Waals surface area contributed by atoms with Gasteiger partial charge < -0.3 is 10.4 Å². The van der Waals surface area contributed by atoms with Gasteiger partial charge in [0.2, 0.25) is 0 Å². The number of fused-ring (bicyclic) bond motifs is 1. The van der Waals surface area contributed by atoms with Gasteiger partial charge >= 0.3 is 0 Å².